The first kappa shape index (κ1) is 19.9. The summed E-state index contributed by atoms with van der Waals surface area (Å²) in [6.45, 7) is 1.36. The van der Waals surface area contributed by atoms with Crippen LogP contribution >= 0.6 is 0 Å². The summed E-state index contributed by atoms with van der Waals surface area (Å²) < 4.78 is 11.0. The van der Waals surface area contributed by atoms with Crippen molar-refractivity contribution in [3.63, 3.8) is 0 Å². The zero-order valence-corrected chi connectivity index (χ0v) is 15.9. The SMILES string of the molecule is O=C(COCC(=O)N1CCCCCC1)Nc1ccc(Oc2ccccc2)cc1. The van der Waals surface area contributed by atoms with Crippen LogP contribution in [0.1, 0.15) is 25.7 Å². The third kappa shape index (κ3) is 6.39. The fraction of sp³-hybridized carbons (Fsp3) is 0.364. The Morgan fingerprint density at radius 1 is 0.821 bits per heavy atom. The van der Waals surface area contributed by atoms with Crippen molar-refractivity contribution in [1.29, 1.82) is 0 Å². The molecule has 6 heteroatoms. The molecule has 1 N–H and O–H groups in total. The molecule has 1 saturated heterocycles. The average Bonchev–Trinajstić information content (AvgIpc) is 3.00. The molecule has 3 rings (SSSR count). The molecule has 1 aliphatic heterocycles. The highest BCUT2D eigenvalue weighted by Gasteiger charge is 2.15. The van der Waals surface area contributed by atoms with Crippen LogP contribution < -0.4 is 10.1 Å². The van der Waals surface area contributed by atoms with E-state index in [1.54, 1.807) is 24.3 Å². The molecule has 2 amide bonds. The van der Waals surface area contributed by atoms with Crippen molar-refractivity contribution in [2.75, 3.05) is 31.6 Å². The molecule has 6 nitrogen and oxygen atoms in total. The van der Waals surface area contributed by atoms with Crippen LogP contribution in [0.4, 0.5) is 5.69 Å². The number of amides is 2. The summed E-state index contributed by atoms with van der Waals surface area (Å²) in [6, 6.07) is 16.6. The van der Waals surface area contributed by atoms with Gasteiger partial charge >= 0.3 is 0 Å². The molecule has 0 atom stereocenters. The summed E-state index contributed by atoms with van der Waals surface area (Å²) in [5, 5.41) is 2.75. The standard InChI is InChI=1S/C22H26N2O4/c25-21(16-27-17-22(26)24-14-6-1-2-7-15-24)23-18-10-12-20(13-11-18)28-19-8-4-3-5-9-19/h3-5,8-13H,1-2,6-7,14-17H2,(H,23,25). The van der Waals surface area contributed by atoms with Gasteiger partial charge in [-0.3, -0.25) is 9.59 Å². The van der Waals surface area contributed by atoms with Gasteiger partial charge < -0.3 is 19.7 Å². The van der Waals surface area contributed by atoms with Gasteiger partial charge in [0.25, 0.3) is 0 Å². The van der Waals surface area contributed by atoms with E-state index < -0.39 is 0 Å². The average molecular weight is 382 g/mol. The van der Waals surface area contributed by atoms with Gasteiger partial charge in [0, 0.05) is 18.8 Å². The second-order valence-electron chi connectivity index (χ2n) is 6.78. The van der Waals surface area contributed by atoms with Crippen LogP contribution in [0.2, 0.25) is 0 Å². The lowest BCUT2D eigenvalue weighted by Gasteiger charge is -2.20. The number of hydrogen-bond donors (Lipinski definition) is 1. The molecular weight excluding hydrogens is 356 g/mol. The highest BCUT2D eigenvalue weighted by Crippen LogP contribution is 2.22. The first-order valence-electron chi connectivity index (χ1n) is 9.69. The molecule has 0 saturated carbocycles. The predicted octanol–water partition coefficient (Wildman–Crippen LogP) is 3.84. The van der Waals surface area contributed by atoms with Crippen LogP contribution in [0.3, 0.4) is 0 Å². The summed E-state index contributed by atoms with van der Waals surface area (Å²) in [6.07, 6.45) is 4.41. The summed E-state index contributed by atoms with van der Waals surface area (Å²) in [5.41, 5.74) is 0.646. The maximum absolute atomic E-state index is 12.1. The van der Waals surface area contributed by atoms with E-state index >= 15 is 0 Å². The van der Waals surface area contributed by atoms with E-state index in [0.29, 0.717) is 11.4 Å². The second-order valence-corrected chi connectivity index (χ2v) is 6.78. The fourth-order valence-electron chi connectivity index (χ4n) is 3.07. The third-order valence-corrected chi connectivity index (χ3v) is 4.53. The Bertz CT molecular complexity index is 754. The van der Waals surface area contributed by atoms with E-state index in [-0.39, 0.29) is 25.0 Å². The molecule has 0 unspecified atom stereocenters. The van der Waals surface area contributed by atoms with Crippen molar-refractivity contribution in [2.45, 2.75) is 25.7 Å². The number of para-hydroxylation sites is 1. The normalized spacial score (nSPS) is 14.2. The number of anilines is 1. The molecular formula is C22H26N2O4. The van der Waals surface area contributed by atoms with Gasteiger partial charge in [-0.25, -0.2) is 0 Å². The molecule has 1 fully saturated rings. The first-order chi connectivity index (χ1) is 13.7. The molecule has 0 aromatic heterocycles. The number of nitrogens with zero attached hydrogens (tertiary/aromatic N) is 1. The van der Waals surface area contributed by atoms with E-state index in [4.69, 9.17) is 9.47 Å². The van der Waals surface area contributed by atoms with Gasteiger partial charge in [-0.05, 0) is 49.2 Å². The molecule has 0 spiro atoms. The molecule has 2 aromatic carbocycles. The summed E-state index contributed by atoms with van der Waals surface area (Å²) in [5.74, 6) is 1.10. The van der Waals surface area contributed by atoms with Gasteiger partial charge in [-0.15, -0.1) is 0 Å². The maximum Gasteiger partial charge on any atom is 0.250 e. The number of hydrogen-bond acceptors (Lipinski definition) is 4. The third-order valence-electron chi connectivity index (χ3n) is 4.53. The lowest BCUT2D eigenvalue weighted by molar-refractivity contribution is -0.137. The number of carbonyl (C=O) groups excluding carboxylic acids is 2. The lowest BCUT2D eigenvalue weighted by atomic mass is 10.2. The zero-order chi connectivity index (χ0) is 19.6. The Kier molecular flexibility index (Phi) is 7.44. The van der Waals surface area contributed by atoms with Crippen molar-refractivity contribution in [3.8, 4) is 11.5 Å². The minimum absolute atomic E-state index is 0.0443. The summed E-state index contributed by atoms with van der Waals surface area (Å²) >= 11 is 0. The number of likely N-dealkylation sites (tertiary alicyclic amines) is 1. The maximum atomic E-state index is 12.1. The van der Waals surface area contributed by atoms with Gasteiger partial charge in [0.15, 0.2) is 0 Å². The molecule has 0 bridgehead atoms. The first-order valence-corrected chi connectivity index (χ1v) is 9.69. The van der Waals surface area contributed by atoms with E-state index in [2.05, 4.69) is 5.32 Å². The molecule has 28 heavy (non-hydrogen) atoms. The topological polar surface area (TPSA) is 67.9 Å². The van der Waals surface area contributed by atoms with Gasteiger partial charge in [-0.1, -0.05) is 31.0 Å². The van der Waals surface area contributed by atoms with Crippen molar-refractivity contribution >= 4 is 17.5 Å². The van der Waals surface area contributed by atoms with Crippen LogP contribution in [0.5, 0.6) is 11.5 Å². The Morgan fingerprint density at radius 2 is 1.46 bits per heavy atom. The Labute approximate surface area is 165 Å². The number of carbonyl (C=O) groups is 2. The van der Waals surface area contributed by atoms with Crippen molar-refractivity contribution in [1.82, 2.24) is 4.90 Å². The van der Waals surface area contributed by atoms with Crippen molar-refractivity contribution in [2.24, 2.45) is 0 Å². The van der Waals surface area contributed by atoms with E-state index in [1.807, 2.05) is 35.2 Å². The van der Waals surface area contributed by atoms with Gasteiger partial charge in [-0.2, -0.15) is 0 Å². The fourth-order valence-corrected chi connectivity index (χ4v) is 3.07. The van der Waals surface area contributed by atoms with Crippen molar-refractivity contribution in [3.05, 3.63) is 54.6 Å². The van der Waals surface area contributed by atoms with E-state index in [9.17, 15) is 9.59 Å². The monoisotopic (exact) mass is 382 g/mol. The predicted molar refractivity (Wildman–Crippen MR) is 107 cm³/mol. The van der Waals surface area contributed by atoms with Gasteiger partial charge in [0.1, 0.15) is 24.7 Å². The largest absolute Gasteiger partial charge is 0.457 e. The van der Waals surface area contributed by atoms with Crippen LogP contribution in [0.25, 0.3) is 0 Å². The quantitative estimate of drug-likeness (QED) is 0.790. The molecule has 2 aromatic rings. The highest BCUT2D eigenvalue weighted by molar-refractivity contribution is 5.92. The molecule has 0 radical (unpaired) electrons. The Hall–Kier alpha value is -2.86. The second kappa shape index (κ2) is 10.5. The lowest BCUT2D eigenvalue weighted by Crippen LogP contribution is -2.35. The van der Waals surface area contributed by atoms with Crippen molar-refractivity contribution < 1.29 is 19.1 Å². The number of benzene rings is 2. The molecule has 148 valence electrons. The molecule has 0 aliphatic carbocycles. The number of nitrogens with one attached hydrogen (secondary N) is 1. The van der Waals surface area contributed by atoms with Gasteiger partial charge in [0.05, 0.1) is 0 Å². The van der Waals surface area contributed by atoms with Crippen LogP contribution in [0.15, 0.2) is 54.6 Å². The van der Waals surface area contributed by atoms with Gasteiger partial charge in [0.2, 0.25) is 11.8 Å². The van der Waals surface area contributed by atoms with Crippen LogP contribution in [-0.4, -0.2) is 43.0 Å². The highest BCUT2D eigenvalue weighted by atomic mass is 16.5. The van der Waals surface area contributed by atoms with E-state index in [0.717, 1.165) is 31.7 Å². The Balaban J connectivity index is 1.39. The summed E-state index contributed by atoms with van der Waals surface area (Å²) in [4.78, 5) is 26.0. The van der Waals surface area contributed by atoms with Crippen LogP contribution in [0, 0.1) is 0 Å². The Morgan fingerprint density at radius 3 is 2.14 bits per heavy atom. The number of ether oxygens (including phenoxy) is 2. The zero-order valence-electron chi connectivity index (χ0n) is 15.9. The number of rotatable bonds is 7. The smallest absolute Gasteiger partial charge is 0.250 e. The minimum Gasteiger partial charge on any atom is -0.457 e. The molecule has 1 aliphatic rings. The molecule has 1 heterocycles. The minimum atomic E-state index is -0.291. The van der Waals surface area contributed by atoms with E-state index in [1.165, 1.54) is 12.8 Å². The summed E-state index contributed by atoms with van der Waals surface area (Å²) in [7, 11) is 0. The van der Waals surface area contributed by atoms with Crippen LogP contribution in [-0.2, 0) is 14.3 Å².